The van der Waals surface area contributed by atoms with Crippen molar-refractivity contribution >= 4 is 28.9 Å². The SMILES string of the molecule is O=C(NC(=S)N1CCc2ccc(OCc3ccccc3)cc21)c1ccccc1. The Labute approximate surface area is 169 Å². The molecule has 3 aromatic rings. The maximum Gasteiger partial charge on any atom is 0.257 e. The van der Waals surface area contributed by atoms with E-state index in [1.54, 1.807) is 12.1 Å². The topological polar surface area (TPSA) is 41.6 Å². The Morgan fingerprint density at radius 2 is 1.71 bits per heavy atom. The summed E-state index contributed by atoms with van der Waals surface area (Å²) in [6, 6.07) is 25.2. The zero-order valence-corrected chi connectivity index (χ0v) is 16.1. The van der Waals surface area contributed by atoms with Gasteiger partial charge in [-0.25, -0.2) is 0 Å². The van der Waals surface area contributed by atoms with E-state index in [1.807, 2.05) is 65.6 Å². The first-order valence-electron chi connectivity index (χ1n) is 9.18. The van der Waals surface area contributed by atoms with E-state index in [4.69, 9.17) is 17.0 Å². The predicted molar refractivity (Wildman–Crippen MR) is 115 cm³/mol. The zero-order chi connectivity index (χ0) is 19.3. The van der Waals surface area contributed by atoms with Crippen LogP contribution in [-0.4, -0.2) is 17.6 Å². The molecule has 28 heavy (non-hydrogen) atoms. The molecule has 0 fully saturated rings. The molecular formula is C23H20N2O2S. The van der Waals surface area contributed by atoms with Crippen molar-refractivity contribution in [3.63, 3.8) is 0 Å². The second-order valence-electron chi connectivity index (χ2n) is 6.59. The van der Waals surface area contributed by atoms with E-state index in [1.165, 1.54) is 5.56 Å². The molecule has 0 aliphatic carbocycles. The first-order valence-corrected chi connectivity index (χ1v) is 9.59. The van der Waals surface area contributed by atoms with Crippen molar-refractivity contribution in [1.82, 2.24) is 5.32 Å². The normalized spacial score (nSPS) is 12.4. The molecule has 0 spiro atoms. The van der Waals surface area contributed by atoms with Gasteiger partial charge in [-0.15, -0.1) is 0 Å². The van der Waals surface area contributed by atoms with Crippen molar-refractivity contribution in [1.29, 1.82) is 0 Å². The van der Waals surface area contributed by atoms with E-state index in [0.717, 1.165) is 30.0 Å². The Kier molecular flexibility index (Phi) is 5.35. The fraction of sp³-hybridized carbons (Fsp3) is 0.130. The number of hydrogen-bond donors (Lipinski definition) is 1. The summed E-state index contributed by atoms with van der Waals surface area (Å²) in [4.78, 5) is 14.4. The van der Waals surface area contributed by atoms with Gasteiger partial charge in [0, 0.05) is 18.2 Å². The maximum absolute atomic E-state index is 12.4. The lowest BCUT2D eigenvalue weighted by Crippen LogP contribution is -2.41. The Hall–Kier alpha value is -3.18. The third kappa shape index (κ3) is 4.05. The summed E-state index contributed by atoms with van der Waals surface area (Å²) >= 11 is 5.50. The average molecular weight is 388 g/mol. The number of ether oxygens (including phenoxy) is 1. The summed E-state index contributed by atoms with van der Waals surface area (Å²) in [7, 11) is 0. The molecule has 1 aliphatic heterocycles. The molecule has 0 radical (unpaired) electrons. The molecule has 0 saturated heterocycles. The fourth-order valence-corrected chi connectivity index (χ4v) is 3.51. The maximum atomic E-state index is 12.4. The standard InChI is InChI=1S/C23H20N2O2S/c26-22(19-9-5-2-6-10-19)24-23(28)25-14-13-18-11-12-20(15-21(18)25)27-16-17-7-3-1-4-8-17/h1-12,15H,13-14,16H2,(H,24,26,28). The van der Waals surface area contributed by atoms with E-state index in [0.29, 0.717) is 17.3 Å². The molecule has 1 heterocycles. The average Bonchev–Trinajstić information content (AvgIpc) is 3.17. The summed E-state index contributed by atoms with van der Waals surface area (Å²) in [6.07, 6.45) is 0.885. The second kappa shape index (κ2) is 8.23. The lowest BCUT2D eigenvalue weighted by atomic mass is 10.1. The first-order chi connectivity index (χ1) is 13.7. The van der Waals surface area contributed by atoms with Crippen molar-refractivity contribution in [3.05, 3.63) is 95.6 Å². The van der Waals surface area contributed by atoms with Gasteiger partial charge in [0.15, 0.2) is 5.11 Å². The van der Waals surface area contributed by atoms with E-state index in [2.05, 4.69) is 11.4 Å². The van der Waals surface area contributed by atoms with Crippen molar-refractivity contribution in [2.45, 2.75) is 13.0 Å². The Morgan fingerprint density at radius 1 is 1.00 bits per heavy atom. The number of hydrogen-bond acceptors (Lipinski definition) is 3. The van der Waals surface area contributed by atoms with Crippen LogP contribution in [0.25, 0.3) is 0 Å². The molecule has 0 unspecified atom stereocenters. The molecule has 4 nitrogen and oxygen atoms in total. The monoisotopic (exact) mass is 388 g/mol. The first kappa shape index (κ1) is 18.2. The Bertz CT molecular complexity index is 990. The van der Waals surface area contributed by atoms with Gasteiger partial charge in [-0.1, -0.05) is 54.6 Å². The van der Waals surface area contributed by atoms with Gasteiger partial charge in [0.1, 0.15) is 12.4 Å². The summed E-state index contributed by atoms with van der Waals surface area (Å²) in [6.45, 7) is 1.25. The van der Waals surface area contributed by atoms with Gasteiger partial charge in [0.05, 0.1) is 5.69 Å². The summed E-state index contributed by atoms with van der Waals surface area (Å²) < 4.78 is 5.94. The molecule has 5 heteroatoms. The highest BCUT2D eigenvalue weighted by Crippen LogP contribution is 2.32. The van der Waals surface area contributed by atoms with Crippen LogP contribution in [-0.2, 0) is 13.0 Å². The highest BCUT2D eigenvalue weighted by atomic mass is 32.1. The number of nitrogens with zero attached hydrogens (tertiary/aromatic N) is 1. The van der Waals surface area contributed by atoms with Crippen molar-refractivity contribution in [2.24, 2.45) is 0 Å². The van der Waals surface area contributed by atoms with Crippen LogP contribution in [0.3, 0.4) is 0 Å². The number of thiocarbonyl (C=S) groups is 1. The van der Waals surface area contributed by atoms with E-state index >= 15 is 0 Å². The van der Waals surface area contributed by atoms with Crippen LogP contribution < -0.4 is 15.0 Å². The number of carbonyl (C=O) groups is 1. The minimum Gasteiger partial charge on any atom is -0.489 e. The van der Waals surface area contributed by atoms with Gasteiger partial charge >= 0.3 is 0 Å². The number of anilines is 1. The van der Waals surface area contributed by atoms with Crippen LogP contribution >= 0.6 is 12.2 Å². The Morgan fingerprint density at radius 3 is 2.46 bits per heavy atom. The smallest absolute Gasteiger partial charge is 0.257 e. The molecule has 4 rings (SSSR count). The van der Waals surface area contributed by atoms with Gasteiger partial charge in [0.2, 0.25) is 0 Å². The molecule has 0 aromatic heterocycles. The Balaban J connectivity index is 1.45. The second-order valence-corrected chi connectivity index (χ2v) is 6.98. The van der Waals surface area contributed by atoms with Crippen LogP contribution in [0.15, 0.2) is 78.9 Å². The molecule has 1 N–H and O–H groups in total. The van der Waals surface area contributed by atoms with Crippen molar-refractivity contribution in [3.8, 4) is 5.75 Å². The van der Waals surface area contributed by atoms with Crippen molar-refractivity contribution < 1.29 is 9.53 Å². The van der Waals surface area contributed by atoms with Gasteiger partial charge < -0.3 is 9.64 Å². The number of amides is 1. The summed E-state index contributed by atoms with van der Waals surface area (Å²) in [5.74, 6) is 0.585. The van der Waals surface area contributed by atoms with E-state index in [-0.39, 0.29) is 5.91 Å². The molecule has 0 bridgehead atoms. The number of fused-ring (bicyclic) bond motifs is 1. The van der Waals surface area contributed by atoms with Crippen LogP contribution in [0.1, 0.15) is 21.5 Å². The minimum absolute atomic E-state index is 0.199. The third-order valence-electron chi connectivity index (χ3n) is 4.70. The summed E-state index contributed by atoms with van der Waals surface area (Å²) in [5, 5.41) is 3.24. The molecule has 140 valence electrons. The van der Waals surface area contributed by atoms with Gasteiger partial charge in [-0.05, 0) is 48.0 Å². The largest absolute Gasteiger partial charge is 0.489 e. The fourth-order valence-electron chi connectivity index (χ4n) is 3.23. The minimum atomic E-state index is -0.199. The van der Waals surface area contributed by atoms with E-state index in [9.17, 15) is 4.79 Å². The van der Waals surface area contributed by atoms with Crippen LogP contribution in [0.2, 0.25) is 0 Å². The van der Waals surface area contributed by atoms with Crippen molar-refractivity contribution in [2.75, 3.05) is 11.4 Å². The van der Waals surface area contributed by atoms with Crippen LogP contribution in [0.5, 0.6) is 5.75 Å². The molecule has 1 aliphatic rings. The highest BCUT2D eigenvalue weighted by Gasteiger charge is 2.24. The molecule has 0 saturated carbocycles. The van der Waals surface area contributed by atoms with Gasteiger partial charge in [0.25, 0.3) is 5.91 Å². The molecule has 3 aromatic carbocycles. The summed E-state index contributed by atoms with van der Waals surface area (Å²) in [5.41, 5.74) is 3.89. The lowest BCUT2D eigenvalue weighted by Gasteiger charge is -2.21. The number of nitrogens with one attached hydrogen (secondary N) is 1. The van der Waals surface area contributed by atoms with Gasteiger partial charge in [-0.3, -0.25) is 10.1 Å². The number of benzene rings is 3. The zero-order valence-electron chi connectivity index (χ0n) is 15.3. The quantitative estimate of drug-likeness (QED) is 0.675. The number of rotatable bonds is 4. The van der Waals surface area contributed by atoms with Crippen LogP contribution in [0.4, 0.5) is 5.69 Å². The predicted octanol–water partition coefficient (Wildman–Crippen LogP) is 4.34. The molecular weight excluding hydrogens is 368 g/mol. The molecule has 1 amide bonds. The highest BCUT2D eigenvalue weighted by molar-refractivity contribution is 7.80. The van der Waals surface area contributed by atoms with E-state index < -0.39 is 0 Å². The third-order valence-corrected chi connectivity index (χ3v) is 5.02. The molecule has 0 atom stereocenters. The van der Waals surface area contributed by atoms with Gasteiger partial charge in [-0.2, -0.15) is 0 Å². The van der Waals surface area contributed by atoms with Crippen LogP contribution in [0, 0.1) is 0 Å². The number of carbonyl (C=O) groups excluding carboxylic acids is 1. The lowest BCUT2D eigenvalue weighted by molar-refractivity contribution is 0.0977.